The van der Waals surface area contributed by atoms with Gasteiger partial charge in [-0.1, -0.05) is 0 Å². The van der Waals surface area contributed by atoms with Gasteiger partial charge in [0.2, 0.25) is 0 Å². The lowest BCUT2D eigenvalue weighted by Gasteiger charge is -2.01. The number of amides is 1. The van der Waals surface area contributed by atoms with E-state index in [-0.39, 0.29) is 5.91 Å². The Morgan fingerprint density at radius 1 is 1.17 bits per heavy atom. The molecular formula is C16H11F2N3OS. The lowest BCUT2D eigenvalue weighted by molar-refractivity contribution is 0.102. The average molecular weight is 331 g/mol. The van der Waals surface area contributed by atoms with Gasteiger partial charge < -0.3 is 0 Å². The molecule has 23 heavy (non-hydrogen) atoms. The third-order valence-corrected chi connectivity index (χ3v) is 3.87. The molecule has 4 nitrogen and oxygen atoms in total. The first kappa shape index (κ1) is 15.2. The molecule has 0 atom stereocenters. The van der Waals surface area contributed by atoms with Gasteiger partial charge in [0.1, 0.15) is 0 Å². The van der Waals surface area contributed by atoms with E-state index in [4.69, 9.17) is 0 Å². The summed E-state index contributed by atoms with van der Waals surface area (Å²) in [7, 11) is 0. The highest BCUT2D eigenvalue weighted by atomic mass is 32.1. The normalized spacial score (nSPS) is 10.6. The van der Waals surface area contributed by atoms with Gasteiger partial charge in [-0.25, -0.2) is 13.8 Å². The lowest BCUT2D eigenvalue weighted by Crippen LogP contribution is -2.12. The molecule has 0 radical (unpaired) electrons. The van der Waals surface area contributed by atoms with Crippen LogP contribution in [0.3, 0.4) is 0 Å². The molecule has 0 aliphatic rings. The number of carbonyl (C=O) groups is 1. The smallest absolute Gasteiger partial charge is 0.259 e. The predicted octanol–water partition coefficient (Wildman–Crippen LogP) is 4.04. The zero-order valence-corrected chi connectivity index (χ0v) is 12.8. The molecule has 1 aromatic carbocycles. The molecule has 0 unspecified atom stereocenters. The van der Waals surface area contributed by atoms with Crippen LogP contribution in [0.4, 0.5) is 13.9 Å². The highest BCUT2D eigenvalue weighted by Crippen LogP contribution is 2.26. The van der Waals surface area contributed by atoms with Crippen LogP contribution in [0.15, 0.2) is 41.9 Å². The maximum atomic E-state index is 13.3. The summed E-state index contributed by atoms with van der Waals surface area (Å²) in [6.45, 7) is 1.83. The Kier molecular flexibility index (Phi) is 4.12. The van der Waals surface area contributed by atoms with Gasteiger partial charge in [0.05, 0.1) is 11.3 Å². The van der Waals surface area contributed by atoms with Gasteiger partial charge in [0.25, 0.3) is 5.91 Å². The van der Waals surface area contributed by atoms with Gasteiger partial charge in [0, 0.05) is 22.8 Å². The van der Waals surface area contributed by atoms with Crippen molar-refractivity contribution in [1.29, 1.82) is 0 Å². The van der Waals surface area contributed by atoms with Crippen LogP contribution in [-0.2, 0) is 0 Å². The SMILES string of the molecule is Cc1ccc(C(=O)Nc2nc(-c3ccc(F)c(F)c3)cs2)cn1. The lowest BCUT2D eigenvalue weighted by atomic mass is 10.2. The molecule has 1 N–H and O–H groups in total. The number of halogens is 2. The first-order valence-electron chi connectivity index (χ1n) is 6.68. The van der Waals surface area contributed by atoms with Crippen LogP contribution in [-0.4, -0.2) is 15.9 Å². The second kappa shape index (κ2) is 6.21. The molecule has 2 aromatic heterocycles. The van der Waals surface area contributed by atoms with E-state index in [0.717, 1.165) is 17.8 Å². The summed E-state index contributed by atoms with van der Waals surface area (Å²) in [6, 6.07) is 6.95. The maximum Gasteiger partial charge on any atom is 0.259 e. The molecule has 0 fully saturated rings. The van der Waals surface area contributed by atoms with Crippen LogP contribution >= 0.6 is 11.3 Å². The number of carbonyl (C=O) groups excluding carboxylic acids is 1. The maximum absolute atomic E-state index is 13.3. The monoisotopic (exact) mass is 331 g/mol. The summed E-state index contributed by atoms with van der Waals surface area (Å²) in [5, 5.41) is 4.69. The molecule has 0 spiro atoms. The number of hydrogen-bond acceptors (Lipinski definition) is 4. The number of anilines is 1. The highest BCUT2D eigenvalue weighted by Gasteiger charge is 2.11. The Labute approximate surface area is 134 Å². The highest BCUT2D eigenvalue weighted by molar-refractivity contribution is 7.14. The number of hydrogen-bond donors (Lipinski definition) is 1. The zero-order valence-electron chi connectivity index (χ0n) is 12.0. The Morgan fingerprint density at radius 3 is 2.70 bits per heavy atom. The van der Waals surface area contributed by atoms with Crippen LogP contribution in [0.5, 0.6) is 0 Å². The molecule has 0 aliphatic carbocycles. The van der Waals surface area contributed by atoms with E-state index >= 15 is 0 Å². The molecule has 3 aromatic rings. The predicted molar refractivity (Wildman–Crippen MR) is 84.4 cm³/mol. The fourth-order valence-corrected chi connectivity index (χ4v) is 2.61. The van der Waals surface area contributed by atoms with E-state index in [1.165, 1.54) is 23.6 Å². The zero-order chi connectivity index (χ0) is 16.4. The second-order valence-corrected chi connectivity index (χ2v) is 5.67. The van der Waals surface area contributed by atoms with Crippen molar-refractivity contribution in [3.8, 4) is 11.3 Å². The molecule has 0 saturated heterocycles. The van der Waals surface area contributed by atoms with Crippen LogP contribution in [0.25, 0.3) is 11.3 Å². The Morgan fingerprint density at radius 2 is 2.00 bits per heavy atom. The van der Waals surface area contributed by atoms with Gasteiger partial charge in [-0.3, -0.25) is 15.1 Å². The van der Waals surface area contributed by atoms with E-state index in [1.54, 1.807) is 17.5 Å². The van der Waals surface area contributed by atoms with E-state index in [9.17, 15) is 13.6 Å². The molecular weight excluding hydrogens is 320 g/mol. The fraction of sp³-hybridized carbons (Fsp3) is 0.0625. The number of rotatable bonds is 3. The first-order chi connectivity index (χ1) is 11.0. The van der Waals surface area contributed by atoms with Crippen molar-refractivity contribution in [1.82, 2.24) is 9.97 Å². The van der Waals surface area contributed by atoms with Gasteiger partial charge in [-0.05, 0) is 37.3 Å². The number of nitrogens with one attached hydrogen (secondary N) is 1. The summed E-state index contributed by atoms with van der Waals surface area (Å²) >= 11 is 1.20. The van der Waals surface area contributed by atoms with Crippen molar-refractivity contribution in [3.63, 3.8) is 0 Å². The van der Waals surface area contributed by atoms with Crippen molar-refractivity contribution in [3.05, 3.63) is 64.8 Å². The summed E-state index contributed by atoms with van der Waals surface area (Å²) in [4.78, 5) is 20.3. The molecule has 116 valence electrons. The van der Waals surface area contributed by atoms with Gasteiger partial charge >= 0.3 is 0 Å². The van der Waals surface area contributed by atoms with Crippen LogP contribution in [0, 0.1) is 18.6 Å². The number of aromatic nitrogens is 2. The van der Waals surface area contributed by atoms with E-state index in [0.29, 0.717) is 22.0 Å². The number of aryl methyl sites for hydroxylation is 1. The molecule has 0 bridgehead atoms. The Balaban J connectivity index is 1.77. The standard InChI is InChI=1S/C16H11F2N3OS/c1-9-2-3-11(7-19-9)15(22)21-16-20-14(8-23-16)10-4-5-12(17)13(18)6-10/h2-8H,1H3,(H,20,21,22). The summed E-state index contributed by atoms with van der Waals surface area (Å²) < 4.78 is 26.2. The van der Waals surface area contributed by atoms with Crippen molar-refractivity contribution in [2.75, 3.05) is 5.32 Å². The summed E-state index contributed by atoms with van der Waals surface area (Å²) in [5.41, 5.74) is 2.14. The van der Waals surface area contributed by atoms with Crippen LogP contribution in [0.2, 0.25) is 0 Å². The molecule has 1 amide bonds. The Bertz CT molecular complexity index is 862. The minimum atomic E-state index is -0.938. The number of pyridine rings is 1. The van der Waals surface area contributed by atoms with E-state index in [1.807, 2.05) is 6.92 Å². The van der Waals surface area contributed by atoms with Gasteiger partial charge in [0.15, 0.2) is 16.8 Å². The van der Waals surface area contributed by atoms with Crippen molar-refractivity contribution in [2.24, 2.45) is 0 Å². The van der Waals surface area contributed by atoms with Gasteiger partial charge in [-0.2, -0.15) is 0 Å². The summed E-state index contributed by atoms with van der Waals surface area (Å²) in [6.07, 6.45) is 1.48. The largest absolute Gasteiger partial charge is 0.298 e. The van der Waals surface area contributed by atoms with E-state index in [2.05, 4.69) is 15.3 Å². The van der Waals surface area contributed by atoms with E-state index < -0.39 is 11.6 Å². The van der Waals surface area contributed by atoms with Crippen molar-refractivity contribution in [2.45, 2.75) is 6.92 Å². The quantitative estimate of drug-likeness (QED) is 0.788. The molecule has 2 heterocycles. The first-order valence-corrected chi connectivity index (χ1v) is 7.56. The number of benzene rings is 1. The number of nitrogens with zero attached hydrogens (tertiary/aromatic N) is 2. The van der Waals surface area contributed by atoms with Crippen LogP contribution < -0.4 is 5.32 Å². The van der Waals surface area contributed by atoms with Crippen molar-refractivity contribution < 1.29 is 13.6 Å². The minimum Gasteiger partial charge on any atom is -0.298 e. The fourth-order valence-electron chi connectivity index (χ4n) is 1.89. The molecule has 0 aliphatic heterocycles. The molecule has 3 rings (SSSR count). The second-order valence-electron chi connectivity index (χ2n) is 4.81. The third kappa shape index (κ3) is 3.40. The molecule has 0 saturated carbocycles. The third-order valence-electron chi connectivity index (χ3n) is 3.11. The average Bonchev–Trinajstić information content (AvgIpc) is 2.99. The number of thiazole rings is 1. The summed E-state index contributed by atoms with van der Waals surface area (Å²) in [5.74, 6) is -2.18. The Hall–Kier alpha value is -2.67. The van der Waals surface area contributed by atoms with Crippen molar-refractivity contribution >= 4 is 22.4 Å². The van der Waals surface area contributed by atoms with Crippen LogP contribution in [0.1, 0.15) is 16.1 Å². The molecule has 7 heteroatoms. The minimum absolute atomic E-state index is 0.330. The van der Waals surface area contributed by atoms with Gasteiger partial charge in [-0.15, -0.1) is 11.3 Å². The topological polar surface area (TPSA) is 54.9 Å².